The number of ketones is 1. The first-order valence-corrected chi connectivity index (χ1v) is 5.94. The lowest BCUT2D eigenvalue weighted by molar-refractivity contribution is -0.172. The number of carbonyl (C=O) groups excluding carboxylic acids is 1. The molecule has 0 saturated heterocycles. The molecular weight excluding hydrogens is 269 g/mol. The van der Waals surface area contributed by atoms with E-state index in [1.807, 2.05) is 0 Å². The molecule has 1 heterocycles. The number of alkyl halides is 3. The van der Waals surface area contributed by atoms with Crippen molar-refractivity contribution >= 4 is 22.3 Å². The summed E-state index contributed by atoms with van der Waals surface area (Å²) in [7, 11) is 0. The van der Waals surface area contributed by atoms with Crippen LogP contribution >= 0.6 is 11.5 Å². The number of nitrogens with zero attached hydrogens (tertiary/aromatic N) is 1. The van der Waals surface area contributed by atoms with Crippen LogP contribution < -0.4 is 5.32 Å². The van der Waals surface area contributed by atoms with E-state index in [-0.39, 0.29) is 18.9 Å². The molecule has 0 radical (unpaired) electrons. The summed E-state index contributed by atoms with van der Waals surface area (Å²) in [5.41, 5.74) is 1.10. The van der Waals surface area contributed by atoms with Gasteiger partial charge in [-0.1, -0.05) is 0 Å². The molecule has 0 aromatic carbocycles. The third kappa shape index (κ3) is 4.61. The number of Topliss-reactive ketones (excluding diaryl/α,β-unsaturated/α-hetero) is 1. The van der Waals surface area contributed by atoms with Gasteiger partial charge in [0, 0.05) is 6.54 Å². The summed E-state index contributed by atoms with van der Waals surface area (Å²) in [6.07, 6.45) is -4.31. The van der Waals surface area contributed by atoms with Crippen LogP contribution in [0.3, 0.4) is 0 Å². The monoisotopic (exact) mass is 282 g/mol. The Labute approximate surface area is 106 Å². The van der Waals surface area contributed by atoms with Gasteiger partial charge in [0.2, 0.25) is 0 Å². The number of rotatable bonds is 6. The number of ether oxygens (including phenoxy) is 1. The van der Waals surface area contributed by atoms with E-state index in [9.17, 15) is 18.0 Å². The summed E-state index contributed by atoms with van der Waals surface area (Å²) in [6, 6.07) is 0. The highest BCUT2D eigenvalue weighted by atomic mass is 32.1. The minimum Gasteiger partial charge on any atom is -0.373 e. The van der Waals surface area contributed by atoms with Crippen LogP contribution in [0.1, 0.15) is 23.0 Å². The van der Waals surface area contributed by atoms with E-state index < -0.39 is 12.8 Å². The zero-order valence-corrected chi connectivity index (χ0v) is 10.7. The molecule has 0 unspecified atom stereocenters. The second-order valence-electron chi connectivity index (χ2n) is 3.62. The Morgan fingerprint density at radius 2 is 2.17 bits per heavy atom. The van der Waals surface area contributed by atoms with E-state index in [1.165, 1.54) is 6.92 Å². The predicted octanol–water partition coefficient (Wildman–Crippen LogP) is 2.64. The fraction of sp³-hybridized carbons (Fsp3) is 0.600. The van der Waals surface area contributed by atoms with Gasteiger partial charge < -0.3 is 10.1 Å². The molecule has 1 aromatic heterocycles. The van der Waals surface area contributed by atoms with Crippen molar-refractivity contribution < 1.29 is 22.7 Å². The molecule has 0 spiro atoms. The number of halogens is 3. The molecule has 0 saturated carbocycles. The van der Waals surface area contributed by atoms with Crippen molar-refractivity contribution in [2.24, 2.45) is 0 Å². The van der Waals surface area contributed by atoms with E-state index in [4.69, 9.17) is 0 Å². The largest absolute Gasteiger partial charge is 0.411 e. The molecule has 4 nitrogen and oxygen atoms in total. The maximum Gasteiger partial charge on any atom is 0.411 e. The summed E-state index contributed by atoms with van der Waals surface area (Å²) in [6.45, 7) is 1.96. The number of aryl methyl sites for hydroxylation is 1. The maximum atomic E-state index is 11.8. The smallest absolute Gasteiger partial charge is 0.373 e. The highest BCUT2D eigenvalue weighted by Crippen LogP contribution is 2.24. The molecule has 0 amide bonds. The number of nitrogens with one attached hydrogen (secondary N) is 1. The summed E-state index contributed by atoms with van der Waals surface area (Å²) in [5.74, 6) is -0.125. The Morgan fingerprint density at radius 3 is 2.72 bits per heavy atom. The Hall–Kier alpha value is -1.15. The van der Waals surface area contributed by atoms with Crippen LogP contribution in [0.5, 0.6) is 0 Å². The molecule has 0 aliphatic heterocycles. The minimum atomic E-state index is -4.31. The first kappa shape index (κ1) is 14.9. The number of anilines is 1. The lowest BCUT2D eigenvalue weighted by Crippen LogP contribution is -2.20. The SMILES string of the molecule is CC(=O)c1c(C)nsc1NCCOCC(F)(F)F. The molecule has 18 heavy (non-hydrogen) atoms. The average Bonchev–Trinajstić information content (AvgIpc) is 2.57. The third-order valence-electron chi connectivity index (χ3n) is 2.01. The van der Waals surface area contributed by atoms with Crippen LogP contribution in [-0.2, 0) is 4.74 Å². The van der Waals surface area contributed by atoms with Crippen LogP contribution in [-0.4, -0.2) is 36.1 Å². The fourth-order valence-electron chi connectivity index (χ4n) is 1.33. The summed E-state index contributed by atoms with van der Waals surface area (Å²) >= 11 is 1.11. The molecule has 1 aromatic rings. The first-order chi connectivity index (χ1) is 8.31. The van der Waals surface area contributed by atoms with E-state index >= 15 is 0 Å². The Kier molecular flexibility index (Phi) is 5.09. The number of hydrogen-bond donors (Lipinski definition) is 1. The van der Waals surface area contributed by atoms with Gasteiger partial charge in [-0.25, -0.2) is 0 Å². The normalized spacial score (nSPS) is 11.6. The summed E-state index contributed by atoms with van der Waals surface area (Å²) in [5, 5.41) is 3.41. The van der Waals surface area contributed by atoms with E-state index in [0.717, 1.165) is 11.5 Å². The van der Waals surface area contributed by atoms with Gasteiger partial charge in [-0.2, -0.15) is 17.5 Å². The molecule has 8 heteroatoms. The van der Waals surface area contributed by atoms with Gasteiger partial charge in [-0.3, -0.25) is 4.79 Å². The van der Waals surface area contributed by atoms with Crippen LogP contribution in [0.2, 0.25) is 0 Å². The van der Waals surface area contributed by atoms with Crippen molar-refractivity contribution in [3.8, 4) is 0 Å². The number of carbonyl (C=O) groups is 1. The van der Waals surface area contributed by atoms with E-state index in [0.29, 0.717) is 16.3 Å². The van der Waals surface area contributed by atoms with Crippen LogP contribution in [0.25, 0.3) is 0 Å². The van der Waals surface area contributed by atoms with Crippen molar-refractivity contribution in [1.82, 2.24) is 4.37 Å². The minimum absolute atomic E-state index is 0.0895. The van der Waals surface area contributed by atoms with Gasteiger partial charge in [0.05, 0.1) is 17.9 Å². The Balaban J connectivity index is 2.38. The van der Waals surface area contributed by atoms with Gasteiger partial charge in [0.15, 0.2) is 5.78 Å². The average molecular weight is 282 g/mol. The molecule has 1 N–H and O–H groups in total. The van der Waals surface area contributed by atoms with E-state index in [2.05, 4.69) is 14.4 Å². The summed E-state index contributed by atoms with van der Waals surface area (Å²) < 4.78 is 43.8. The predicted molar refractivity (Wildman–Crippen MR) is 62.2 cm³/mol. The van der Waals surface area contributed by atoms with Crippen LogP contribution in [0.4, 0.5) is 18.2 Å². The number of hydrogen-bond acceptors (Lipinski definition) is 5. The second kappa shape index (κ2) is 6.14. The van der Waals surface area contributed by atoms with Crippen molar-refractivity contribution in [3.05, 3.63) is 11.3 Å². The van der Waals surface area contributed by atoms with Gasteiger partial charge in [0.1, 0.15) is 11.6 Å². The molecule has 0 aliphatic carbocycles. The zero-order valence-electron chi connectivity index (χ0n) is 9.93. The Morgan fingerprint density at radius 1 is 1.50 bits per heavy atom. The Bertz CT molecular complexity index is 418. The lowest BCUT2D eigenvalue weighted by atomic mass is 10.2. The van der Waals surface area contributed by atoms with Gasteiger partial charge in [0.25, 0.3) is 0 Å². The van der Waals surface area contributed by atoms with Crippen molar-refractivity contribution in [2.75, 3.05) is 25.1 Å². The first-order valence-electron chi connectivity index (χ1n) is 5.17. The van der Waals surface area contributed by atoms with E-state index in [1.54, 1.807) is 6.92 Å². The van der Waals surface area contributed by atoms with Crippen molar-refractivity contribution in [2.45, 2.75) is 20.0 Å². The highest BCUT2D eigenvalue weighted by molar-refractivity contribution is 7.10. The molecule has 1 rings (SSSR count). The molecule has 0 aliphatic rings. The topological polar surface area (TPSA) is 51.2 Å². The maximum absolute atomic E-state index is 11.8. The van der Waals surface area contributed by atoms with Crippen LogP contribution in [0, 0.1) is 6.92 Å². The second-order valence-corrected chi connectivity index (χ2v) is 4.40. The lowest BCUT2D eigenvalue weighted by Gasteiger charge is -2.08. The fourth-order valence-corrected chi connectivity index (χ4v) is 2.20. The molecule has 102 valence electrons. The zero-order chi connectivity index (χ0) is 13.8. The molecule has 0 atom stereocenters. The third-order valence-corrected chi connectivity index (χ3v) is 2.91. The van der Waals surface area contributed by atoms with Gasteiger partial charge in [-0.05, 0) is 25.4 Å². The van der Waals surface area contributed by atoms with Gasteiger partial charge >= 0.3 is 6.18 Å². The standard InChI is InChI=1S/C10H13F3N2O2S/c1-6-8(7(2)16)9(18-15-6)14-3-4-17-5-10(11,12)13/h14H,3-5H2,1-2H3. The van der Waals surface area contributed by atoms with Crippen molar-refractivity contribution in [1.29, 1.82) is 0 Å². The molecule has 0 fully saturated rings. The summed E-state index contributed by atoms with van der Waals surface area (Å²) in [4.78, 5) is 11.3. The quantitative estimate of drug-likeness (QED) is 0.643. The van der Waals surface area contributed by atoms with Crippen LogP contribution in [0.15, 0.2) is 0 Å². The van der Waals surface area contributed by atoms with Crippen molar-refractivity contribution in [3.63, 3.8) is 0 Å². The highest BCUT2D eigenvalue weighted by Gasteiger charge is 2.27. The van der Waals surface area contributed by atoms with Gasteiger partial charge in [-0.15, -0.1) is 0 Å². The molecular formula is C10H13F3N2O2S. The number of aromatic nitrogens is 1. The molecule has 0 bridgehead atoms.